The van der Waals surface area contributed by atoms with Crippen molar-refractivity contribution in [1.82, 2.24) is 15.4 Å². The molecule has 0 aliphatic heterocycles. The molecule has 0 aliphatic carbocycles. The average Bonchev–Trinajstić information content (AvgIpc) is 3.12. The molecule has 0 saturated heterocycles. The summed E-state index contributed by atoms with van der Waals surface area (Å²) >= 11 is 0. The van der Waals surface area contributed by atoms with Crippen LogP contribution in [0.1, 0.15) is 26.3 Å². The maximum atomic E-state index is 13.1. The molecule has 6 aromatic carbocycles. The Balaban J connectivity index is 1.06. The molecule has 1 heterocycles. The van der Waals surface area contributed by atoms with E-state index in [9.17, 15) is 9.59 Å². The van der Waals surface area contributed by atoms with Crippen LogP contribution in [0.2, 0.25) is 0 Å². The van der Waals surface area contributed by atoms with Crippen molar-refractivity contribution in [3.8, 4) is 28.3 Å². The monoisotopic (exact) mass is 598 g/mol. The predicted molar refractivity (Wildman–Crippen MR) is 181 cm³/mol. The predicted octanol–water partition coefficient (Wildman–Crippen LogP) is 8.10. The summed E-state index contributed by atoms with van der Waals surface area (Å²) in [7, 11) is 0. The van der Waals surface area contributed by atoms with Crippen LogP contribution in [0.15, 0.2) is 151 Å². The molecule has 46 heavy (non-hydrogen) atoms. The molecule has 1 N–H and O–H groups in total. The smallest absolute Gasteiger partial charge is 0.343 e. The molecule has 1 amide bonds. The highest BCUT2D eigenvalue weighted by Crippen LogP contribution is 2.31. The molecular formula is C39H26N4O3. The van der Waals surface area contributed by atoms with E-state index in [-0.39, 0.29) is 5.91 Å². The van der Waals surface area contributed by atoms with E-state index in [0.717, 1.165) is 38.9 Å². The Morgan fingerprint density at radius 3 is 1.98 bits per heavy atom. The van der Waals surface area contributed by atoms with Gasteiger partial charge in [0.15, 0.2) is 0 Å². The molecule has 1 aromatic heterocycles. The molecule has 0 atom stereocenters. The first kappa shape index (κ1) is 28.3. The summed E-state index contributed by atoms with van der Waals surface area (Å²) in [6, 6.07) is 45.1. The molecule has 0 bridgehead atoms. The molecule has 7 aromatic rings. The highest BCUT2D eigenvalue weighted by Gasteiger charge is 2.16. The van der Waals surface area contributed by atoms with E-state index in [1.54, 1.807) is 48.5 Å². The number of hydrogen-bond acceptors (Lipinski definition) is 6. The van der Waals surface area contributed by atoms with Gasteiger partial charge in [-0.2, -0.15) is 5.10 Å². The van der Waals surface area contributed by atoms with Gasteiger partial charge in [0.2, 0.25) is 0 Å². The molecule has 0 aliphatic rings. The number of aromatic nitrogens is 2. The molecule has 220 valence electrons. The van der Waals surface area contributed by atoms with Gasteiger partial charge in [-0.25, -0.2) is 20.2 Å². The van der Waals surface area contributed by atoms with E-state index in [2.05, 4.69) is 10.5 Å². The first-order valence-electron chi connectivity index (χ1n) is 14.7. The lowest BCUT2D eigenvalue weighted by molar-refractivity contribution is 0.0734. The van der Waals surface area contributed by atoms with Crippen LogP contribution in [0.4, 0.5) is 0 Å². The largest absolute Gasteiger partial charge is 0.423 e. The van der Waals surface area contributed by atoms with Crippen molar-refractivity contribution in [2.24, 2.45) is 5.10 Å². The normalized spacial score (nSPS) is 11.1. The highest BCUT2D eigenvalue weighted by molar-refractivity contribution is 6.07. The number of hydrogen-bond donors (Lipinski definition) is 1. The van der Waals surface area contributed by atoms with Crippen LogP contribution >= 0.6 is 0 Å². The number of rotatable bonds is 7. The third-order valence-corrected chi connectivity index (χ3v) is 7.50. The van der Waals surface area contributed by atoms with Gasteiger partial charge in [0.05, 0.1) is 34.2 Å². The summed E-state index contributed by atoms with van der Waals surface area (Å²) in [5, 5.41) is 5.94. The van der Waals surface area contributed by atoms with Crippen molar-refractivity contribution >= 4 is 39.9 Å². The molecule has 7 heteroatoms. The summed E-state index contributed by atoms with van der Waals surface area (Å²) in [6.07, 6.45) is 1.53. The number of hydrazone groups is 1. The standard InChI is InChI=1S/C39H26N4O3/c44-38(33-17-9-15-27-10-7-8-16-32(27)33)43-40-25-26-18-21-31(22-19-26)46-39(45)30-20-23-34-35(24-30)42-37(29-13-5-2-6-14-29)36(41-34)28-11-3-1-4-12-28/h1-25H,(H,43,44)/b40-25-. The Morgan fingerprint density at radius 1 is 0.630 bits per heavy atom. The lowest BCUT2D eigenvalue weighted by Gasteiger charge is -2.11. The second kappa shape index (κ2) is 12.6. The van der Waals surface area contributed by atoms with E-state index >= 15 is 0 Å². The zero-order valence-corrected chi connectivity index (χ0v) is 24.5. The minimum absolute atomic E-state index is 0.300. The number of ether oxygens (including phenoxy) is 1. The van der Waals surface area contributed by atoms with Gasteiger partial charge in [0.1, 0.15) is 5.75 Å². The molecule has 0 radical (unpaired) electrons. The molecule has 0 saturated carbocycles. The maximum Gasteiger partial charge on any atom is 0.343 e. The summed E-state index contributed by atoms with van der Waals surface area (Å²) in [5.74, 6) is -0.441. The Morgan fingerprint density at radius 2 is 1.26 bits per heavy atom. The first-order chi connectivity index (χ1) is 22.6. The Bertz CT molecular complexity index is 2230. The zero-order chi connectivity index (χ0) is 31.3. The number of nitrogens with zero attached hydrogens (tertiary/aromatic N) is 3. The number of amides is 1. The van der Waals surface area contributed by atoms with Crippen molar-refractivity contribution in [3.05, 3.63) is 162 Å². The number of esters is 1. The van der Waals surface area contributed by atoms with E-state index in [0.29, 0.717) is 27.9 Å². The lowest BCUT2D eigenvalue weighted by Crippen LogP contribution is -2.17. The summed E-state index contributed by atoms with van der Waals surface area (Å²) in [6.45, 7) is 0. The van der Waals surface area contributed by atoms with Crippen LogP contribution in [0.5, 0.6) is 5.75 Å². The van der Waals surface area contributed by atoms with Crippen LogP contribution in [0.25, 0.3) is 44.3 Å². The topological polar surface area (TPSA) is 93.5 Å². The van der Waals surface area contributed by atoms with Gasteiger partial charge in [-0.1, -0.05) is 97.1 Å². The Hall–Kier alpha value is -6.47. The van der Waals surface area contributed by atoms with Gasteiger partial charge in [-0.15, -0.1) is 0 Å². The van der Waals surface area contributed by atoms with Gasteiger partial charge in [-0.05, 0) is 64.9 Å². The van der Waals surface area contributed by atoms with Crippen LogP contribution < -0.4 is 10.2 Å². The SMILES string of the molecule is O=C(Oc1ccc(/C=N\NC(=O)c2cccc3ccccc23)cc1)c1ccc2nc(-c3ccccc3)c(-c3ccccc3)nc2c1. The van der Waals surface area contributed by atoms with E-state index < -0.39 is 5.97 Å². The van der Waals surface area contributed by atoms with E-state index in [4.69, 9.17) is 14.7 Å². The molecular weight excluding hydrogens is 572 g/mol. The second-order valence-electron chi connectivity index (χ2n) is 10.5. The number of nitrogens with one attached hydrogen (secondary N) is 1. The minimum atomic E-state index is -0.513. The second-order valence-corrected chi connectivity index (χ2v) is 10.5. The van der Waals surface area contributed by atoms with E-state index in [1.165, 1.54) is 6.21 Å². The maximum absolute atomic E-state index is 13.1. The van der Waals surface area contributed by atoms with E-state index in [1.807, 2.05) is 97.1 Å². The van der Waals surface area contributed by atoms with Gasteiger partial charge in [0, 0.05) is 16.7 Å². The lowest BCUT2D eigenvalue weighted by atomic mass is 10.0. The van der Waals surface area contributed by atoms with Crippen molar-refractivity contribution in [2.45, 2.75) is 0 Å². The highest BCUT2D eigenvalue weighted by atomic mass is 16.5. The molecule has 0 unspecified atom stereocenters. The number of carbonyl (C=O) groups excluding carboxylic acids is 2. The summed E-state index contributed by atoms with van der Waals surface area (Å²) in [4.78, 5) is 35.7. The van der Waals surface area contributed by atoms with Crippen molar-refractivity contribution < 1.29 is 14.3 Å². The van der Waals surface area contributed by atoms with Crippen LogP contribution in [0, 0.1) is 0 Å². The molecule has 0 spiro atoms. The first-order valence-corrected chi connectivity index (χ1v) is 14.7. The van der Waals surface area contributed by atoms with Gasteiger partial charge < -0.3 is 4.74 Å². The number of carbonyl (C=O) groups is 2. The zero-order valence-electron chi connectivity index (χ0n) is 24.5. The minimum Gasteiger partial charge on any atom is -0.423 e. The van der Waals surface area contributed by atoms with Crippen LogP contribution in [-0.2, 0) is 0 Å². The summed E-state index contributed by atoms with van der Waals surface area (Å²) < 4.78 is 5.65. The Kier molecular flexibility index (Phi) is 7.78. The van der Waals surface area contributed by atoms with Gasteiger partial charge in [0.25, 0.3) is 5.91 Å². The molecule has 7 rings (SSSR count). The molecule has 7 nitrogen and oxygen atoms in total. The third-order valence-electron chi connectivity index (χ3n) is 7.50. The molecule has 0 fully saturated rings. The Labute approximate surface area is 264 Å². The van der Waals surface area contributed by atoms with Gasteiger partial charge in [-0.3, -0.25) is 4.79 Å². The van der Waals surface area contributed by atoms with Crippen LogP contribution in [-0.4, -0.2) is 28.1 Å². The van der Waals surface area contributed by atoms with Crippen LogP contribution in [0.3, 0.4) is 0 Å². The quantitative estimate of drug-likeness (QED) is 0.0866. The summed E-state index contributed by atoms with van der Waals surface area (Å²) in [5.41, 5.74) is 8.86. The van der Waals surface area contributed by atoms with Crippen molar-refractivity contribution in [2.75, 3.05) is 0 Å². The fourth-order valence-corrected chi connectivity index (χ4v) is 5.21. The third kappa shape index (κ3) is 5.98. The van der Waals surface area contributed by atoms with Crippen molar-refractivity contribution in [3.63, 3.8) is 0 Å². The average molecular weight is 599 g/mol. The van der Waals surface area contributed by atoms with Crippen molar-refractivity contribution in [1.29, 1.82) is 0 Å². The van der Waals surface area contributed by atoms with Gasteiger partial charge >= 0.3 is 5.97 Å². The fourth-order valence-electron chi connectivity index (χ4n) is 5.21. The number of fused-ring (bicyclic) bond motifs is 2. The fraction of sp³-hybridized carbons (Fsp3) is 0. The number of benzene rings is 6.